The van der Waals surface area contributed by atoms with E-state index in [2.05, 4.69) is 11.9 Å². The summed E-state index contributed by atoms with van der Waals surface area (Å²) in [6.07, 6.45) is 0. The molecule has 1 saturated heterocycles. The van der Waals surface area contributed by atoms with Gasteiger partial charge < -0.3 is 9.80 Å². The lowest BCUT2D eigenvalue weighted by Gasteiger charge is -2.32. The van der Waals surface area contributed by atoms with Gasteiger partial charge in [-0.3, -0.25) is 4.79 Å². The summed E-state index contributed by atoms with van der Waals surface area (Å²) in [5.41, 5.74) is 1.41. The van der Waals surface area contributed by atoms with Gasteiger partial charge in [-0.15, -0.1) is 0 Å². The molecule has 1 aliphatic rings. The van der Waals surface area contributed by atoms with E-state index in [-0.39, 0.29) is 5.91 Å². The van der Waals surface area contributed by atoms with Crippen LogP contribution < -0.4 is 5.46 Å². The second-order valence-corrected chi connectivity index (χ2v) is 4.22. The highest BCUT2D eigenvalue weighted by Gasteiger charge is 2.19. The van der Waals surface area contributed by atoms with Crippen molar-refractivity contribution in [1.29, 1.82) is 0 Å². The van der Waals surface area contributed by atoms with E-state index in [1.54, 1.807) is 24.3 Å². The number of likely N-dealkylation sites (N-methyl/N-ethyl adjacent to an activating group) is 1. The van der Waals surface area contributed by atoms with Crippen LogP contribution in [0.25, 0.3) is 0 Å². The Morgan fingerprint density at radius 2 is 1.69 bits per heavy atom. The monoisotopic (exact) mass is 214 g/mol. The van der Waals surface area contributed by atoms with Crippen molar-refractivity contribution in [2.45, 2.75) is 0 Å². The highest BCUT2D eigenvalue weighted by atomic mass is 16.2. The summed E-state index contributed by atoms with van der Waals surface area (Å²) in [4.78, 5) is 16.2. The van der Waals surface area contributed by atoms with Crippen molar-refractivity contribution in [2.24, 2.45) is 0 Å². The van der Waals surface area contributed by atoms with Crippen LogP contribution in [0, 0.1) is 0 Å². The first-order chi connectivity index (χ1) is 7.66. The number of carbonyl (C=O) groups is 1. The average molecular weight is 214 g/mol. The lowest BCUT2D eigenvalue weighted by molar-refractivity contribution is 0.0664. The molecule has 0 aliphatic carbocycles. The number of nitrogens with zero attached hydrogens (tertiary/aromatic N) is 2. The standard InChI is InChI=1S/C12H15BN2O/c1-14-6-8-15(9-7-14)12(16)10-2-4-11(13)5-3-10/h2-5H,6-9H2,1H3. The summed E-state index contributed by atoms with van der Waals surface area (Å²) < 4.78 is 0. The zero-order valence-corrected chi connectivity index (χ0v) is 9.52. The Morgan fingerprint density at radius 3 is 2.25 bits per heavy atom. The molecule has 0 spiro atoms. The van der Waals surface area contributed by atoms with E-state index in [4.69, 9.17) is 7.85 Å². The number of hydrogen-bond acceptors (Lipinski definition) is 2. The van der Waals surface area contributed by atoms with Gasteiger partial charge in [0.15, 0.2) is 0 Å². The van der Waals surface area contributed by atoms with E-state index in [9.17, 15) is 4.79 Å². The van der Waals surface area contributed by atoms with E-state index in [1.807, 2.05) is 4.90 Å². The number of benzene rings is 1. The third kappa shape index (κ3) is 2.45. The van der Waals surface area contributed by atoms with Crippen LogP contribution in [0.2, 0.25) is 0 Å². The molecule has 2 radical (unpaired) electrons. The van der Waals surface area contributed by atoms with Crippen molar-refractivity contribution in [2.75, 3.05) is 33.2 Å². The molecule has 0 bridgehead atoms. The zero-order valence-electron chi connectivity index (χ0n) is 9.52. The van der Waals surface area contributed by atoms with E-state index < -0.39 is 0 Å². The Bertz CT molecular complexity index is 369. The molecule has 1 aliphatic heterocycles. The molecule has 16 heavy (non-hydrogen) atoms. The van der Waals surface area contributed by atoms with Crippen LogP contribution in [0.1, 0.15) is 10.4 Å². The van der Waals surface area contributed by atoms with Crippen molar-refractivity contribution in [3.63, 3.8) is 0 Å². The fourth-order valence-corrected chi connectivity index (χ4v) is 1.82. The maximum atomic E-state index is 12.1. The molecule has 3 nitrogen and oxygen atoms in total. The minimum atomic E-state index is 0.105. The summed E-state index contributed by atoms with van der Waals surface area (Å²) in [5.74, 6) is 0.105. The Hall–Kier alpha value is -1.29. The van der Waals surface area contributed by atoms with Gasteiger partial charge in [0.25, 0.3) is 5.91 Å². The van der Waals surface area contributed by atoms with Crippen molar-refractivity contribution in [3.8, 4) is 0 Å². The smallest absolute Gasteiger partial charge is 0.253 e. The minimum Gasteiger partial charge on any atom is -0.336 e. The normalized spacial score (nSPS) is 17.4. The van der Waals surface area contributed by atoms with Gasteiger partial charge in [-0.2, -0.15) is 0 Å². The third-order valence-electron chi connectivity index (χ3n) is 2.95. The van der Waals surface area contributed by atoms with Crippen molar-refractivity contribution in [1.82, 2.24) is 9.80 Å². The second kappa shape index (κ2) is 4.70. The molecule has 0 saturated carbocycles. The largest absolute Gasteiger partial charge is 0.336 e. The molecule has 1 aromatic carbocycles. The maximum Gasteiger partial charge on any atom is 0.253 e. The lowest BCUT2D eigenvalue weighted by Crippen LogP contribution is -2.47. The van der Waals surface area contributed by atoms with Gasteiger partial charge in [0, 0.05) is 31.7 Å². The Balaban J connectivity index is 2.05. The van der Waals surface area contributed by atoms with Crippen LogP contribution in [0.4, 0.5) is 0 Å². The topological polar surface area (TPSA) is 23.6 Å². The summed E-state index contributed by atoms with van der Waals surface area (Å²) >= 11 is 0. The fourth-order valence-electron chi connectivity index (χ4n) is 1.82. The predicted octanol–water partition coefficient (Wildman–Crippen LogP) is -0.132. The first kappa shape index (κ1) is 11.2. The van der Waals surface area contributed by atoms with Crippen molar-refractivity contribution < 1.29 is 4.79 Å². The van der Waals surface area contributed by atoms with Gasteiger partial charge >= 0.3 is 0 Å². The average Bonchev–Trinajstić information content (AvgIpc) is 2.30. The summed E-state index contributed by atoms with van der Waals surface area (Å²) in [6, 6.07) is 7.11. The molecule has 1 aromatic rings. The van der Waals surface area contributed by atoms with Crippen LogP contribution in [0.3, 0.4) is 0 Å². The molecule has 1 heterocycles. The lowest BCUT2D eigenvalue weighted by atomic mass is 9.95. The molecule has 0 N–H and O–H groups in total. The first-order valence-electron chi connectivity index (χ1n) is 5.50. The third-order valence-corrected chi connectivity index (χ3v) is 2.95. The number of rotatable bonds is 1. The number of piperazine rings is 1. The molecule has 2 rings (SSSR count). The van der Waals surface area contributed by atoms with Gasteiger partial charge in [0.2, 0.25) is 0 Å². The van der Waals surface area contributed by atoms with Gasteiger partial charge in [-0.25, -0.2) is 0 Å². The van der Waals surface area contributed by atoms with Crippen LogP contribution in [-0.4, -0.2) is 56.8 Å². The van der Waals surface area contributed by atoms with E-state index in [0.29, 0.717) is 5.46 Å². The molecule has 4 heteroatoms. The molecule has 82 valence electrons. The quantitative estimate of drug-likeness (QED) is 0.608. The SMILES string of the molecule is [B]c1ccc(C(=O)N2CCN(C)CC2)cc1. The van der Waals surface area contributed by atoms with Gasteiger partial charge in [0.1, 0.15) is 7.85 Å². The highest BCUT2D eigenvalue weighted by Crippen LogP contribution is 2.06. The maximum absolute atomic E-state index is 12.1. The van der Waals surface area contributed by atoms with Crippen LogP contribution in [0.5, 0.6) is 0 Å². The Labute approximate surface area is 97.4 Å². The number of hydrogen-bond donors (Lipinski definition) is 0. The number of carbonyl (C=O) groups excluding carboxylic acids is 1. The fraction of sp³-hybridized carbons (Fsp3) is 0.417. The summed E-state index contributed by atoms with van der Waals surface area (Å²) in [5, 5.41) is 0. The van der Waals surface area contributed by atoms with E-state index in [1.165, 1.54) is 0 Å². The van der Waals surface area contributed by atoms with Crippen LogP contribution >= 0.6 is 0 Å². The van der Waals surface area contributed by atoms with Crippen LogP contribution in [-0.2, 0) is 0 Å². The van der Waals surface area contributed by atoms with Crippen LogP contribution in [0.15, 0.2) is 24.3 Å². The molecule has 0 atom stereocenters. The van der Waals surface area contributed by atoms with Crippen molar-refractivity contribution >= 4 is 19.2 Å². The number of amides is 1. The van der Waals surface area contributed by atoms with Gasteiger partial charge in [-0.05, 0) is 7.05 Å². The molecule has 1 fully saturated rings. The molecule has 0 aromatic heterocycles. The first-order valence-corrected chi connectivity index (χ1v) is 5.50. The Morgan fingerprint density at radius 1 is 1.12 bits per heavy atom. The predicted molar refractivity (Wildman–Crippen MR) is 65.2 cm³/mol. The van der Waals surface area contributed by atoms with Gasteiger partial charge in [-0.1, -0.05) is 29.7 Å². The second-order valence-electron chi connectivity index (χ2n) is 4.22. The zero-order chi connectivity index (χ0) is 11.5. The molecular weight excluding hydrogens is 199 g/mol. The van der Waals surface area contributed by atoms with E-state index in [0.717, 1.165) is 31.7 Å². The molecular formula is C12H15BN2O. The van der Waals surface area contributed by atoms with Crippen molar-refractivity contribution in [3.05, 3.63) is 29.8 Å². The van der Waals surface area contributed by atoms with E-state index >= 15 is 0 Å². The summed E-state index contributed by atoms with van der Waals surface area (Å²) in [6.45, 7) is 3.50. The highest BCUT2D eigenvalue weighted by molar-refractivity contribution is 6.32. The summed E-state index contributed by atoms with van der Waals surface area (Å²) in [7, 11) is 7.67. The Kier molecular flexibility index (Phi) is 3.29. The van der Waals surface area contributed by atoms with Gasteiger partial charge in [0.05, 0.1) is 0 Å². The molecule has 1 amide bonds. The minimum absolute atomic E-state index is 0.105. The molecule has 0 unspecified atom stereocenters.